The zero-order chi connectivity index (χ0) is 43.1. The Morgan fingerprint density at radius 2 is 0.509 bits per heavy atom. The van der Waals surface area contributed by atoms with Crippen LogP contribution in [0.15, 0.2) is 48.6 Å². The quantitative estimate of drug-likeness (QED) is 0.0499. The van der Waals surface area contributed by atoms with Gasteiger partial charge in [-0.1, -0.05) is 26.3 Å². The summed E-state index contributed by atoms with van der Waals surface area (Å²) in [5.41, 5.74) is -3.53. The van der Waals surface area contributed by atoms with E-state index in [1.165, 1.54) is 0 Å². The van der Waals surface area contributed by atoms with Gasteiger partial charge >= 0.3 is 47.8 Å². The average molecular weight is 775 g/mol. The van der Waals surface area contributed by atoms with Crippen molar-refractivity contribution in [1.29, 1.82) is 0 Å². The molecule has 304 valence electrons. The molecule has 0 aromatic rings. The largest absolute Gasteiger partial charge is 0.481 e. The number of carboxylic acids is 8. The number of hydrogen-bond donors (Lipinski definition) is 14. The van der Waals surface area contributed by atoms with Gasteiger partial charge in [0.1, 0.15) is 0 Å². The maximum absolute atomic E-state index is 9.87. The summed E-state index contributed by atoms with van der Waals surface area (Å²) in [7, 11) is 0. The molecule has 0 aromatic carbocycles. The smallest absolute Gasteiger partial charge is 0.331 e. The monoisotopic (exact) mass is 774 g/mol. The Balaban J connectivity index is -0.000000187. The molecule has 23 nitrogen and oxygen atoms in total. The molecule has 0 atom stereocenters. The molecule has 0 saturated heterocycles. The molecular formula is C30H46O23. The van der Waals surface area contributed by atoms with Gasteiger partial charge < -0.3 is 76.2 Å². The molecule has 0 heterocycles. The summed E-state index contributed by atoms with van der Waals surface area (Å²) in [4.78, 5) is 78.6. The van der Waals surface area contributed by atoms with Crippen LogP contribution in [0.2, 0.25) is 0 Å². The Morgan fingerprint density at radius 3 is 0.585 bits per heavy atom. The molecule has 0 amide bonds. The van der Waals surface area contributed by atoms with Crippen molar-refractivity contribution in [1.82, 2.24) is 0 Å². The third-order valence-electron chi connectivity index (χ3n) is 5.50. The fourth-order valence-electron chi connectivity index (χ4n) is 2.09. The predicted molar refractivity (Wildman–Crippen MR) is 174 cm³/mol. The first kappa shape index (κ1) is 56.8. The van der Waals surface area contributed by atoms with Crippen molar-refractivity contribution in [3.63, 3.8) is 0 Å². The van der Waals surface area contributed by atoms with Gasteiger partial charge in [0.15, 0.2) is 0 Å². The van der Waals surface area contributed by atoms with Gasteiger partial charge in [-0.3, -0.25) is 19.2 Å². The minimum absolute atomic E-state index is 0.141. The van der Waals surface area contributed by atoms with Gasteiger partial charge in [-0.2, -0.15) is 0 Å². The maximum atomic E-state index is 9.87. The molecule has 53 heavy (non-hydrogen) atoms. The van der Waals surface area contributed by atoms with E-state index in [0.29, 0.717) is 0 Å². The third-order valence-corrected chi connectivity index (χ3v) is 5.50. The van der Waals surface area contributed by atoms with Crippen LogP contribution in [0.1, 0.15) is 25.7 Å². The first-order valence-electron chi connectivity index (χ1n) is 14.0. The average Bonchev–Trinajstić information content (AvgIpc) is 3.05. The van der Waals surface area contributed by atoms with E-state index in [1.807, 2.05) is 0 Å². The number of ether oxygens (including phenoxy) is 1. The number of aliphatic hydroxyl groups excluding tert-OH is 6. The molecule has 0 aliphatic carbocycles. The van der Waals surface area contributed by atoms with Crippen molar-refractivity contribution in [2.75, 3.05) is 52.9 Å². The van der Waals surface area contributed by atoms with E-state index < -0.39 is 124 Å². The van der Waals surface area contributed by atoms with Crippen LogP contribution < -0.4 is 0 Å². The lowest BCUT2D eigenvalue weighted by Crippen LogP contribution is -2.43. The summed E-state index contributed by atoms with van der Waals surface area (Å²) < 4.78 is 5.15. The second-order valence-electron chi connectivity index (χ2n) is 10.4. The molecule has 0 bridgehead atoms. The normalized spacial score (nSPS) is 9.92. The zero-order valence-corrected chi connectivity index (χ0v) is 28.2. The molecule has 0 fully saturated rings. The van der Waals surface area contributed by atoms with Gasteiger partial charge in [-0.05, 0) is 0 Å². The van der Waals surface area contributed by atoms with Crippen LogP contribution in [0.25, 0.3) is 0 Å². The van der Waals surface area contributed by atoms with Crippen LogP contribution >= 0.6 is 0 Å². The van der Waals surface area contributed by atoms with Gasteiger partial charge in [0.05, 0.1) is 89.4 Å². The van der Waals surface area contributed by atoms with Gasteiger partial charge in [-0.25, -0.2) is 19.2 Å². The summed E-state index contributed by atoms with van der Waals surface area (Å²) >= 11 is 0. The van der Waals surface area contributed by atoms with Gasteiger partial charge in [0.2, 0.25) is 0 Å². The molecule has 0 rings (SSSR count). The van der Waals surface area contributed by atoms with E-state index >= 15 is 0 Å². The summed E-state index contributed by atoms with van der Waals surface area (Å²) in [6.45, 7) is 9.05. The summed E-state index contributed by atoms with van der Waals surface area (Å²) in [5, 5.41) is 118. The van der Waals surface area contributed by atoms with Crippen LogP contribution in [-0.2, 0) is 43.1 Å². The Hall–Kier alpha value is -5.56. The number of rotatable bonds is 22. The minimum Gasteiger partial charge on any atom is -0.481 e. The molecule has 0 radical (unpaired) electrons. The van der Waals surface area contributed by atoms with E-state index in [0.717, 1.165) is 0 Å². The van der Waals surface area contributed by atoms with Gasteiger partial charge in [0, 0.05) is 22.3 Å². The predicted octanol–water partition coefficient (Wildman–Crippen LogP) is -2.66. The van der Waals surface area contributed by atoms with E-state index in [1.54, 1.807) is 0 Å². The maximum Gasteiger partial charge on any atom is 0.331 e. The molecule has 14 N–H and O–H groups in total. The van der Waals surface area contributed by atoms with E-state index in [2.05, 4.69) is 26.3 Å². The van der Waals surface area contributed by atoms with E-state index in [4.69, 9.17) is 76.2 Å². The second-order valence-corrected chi connectivity index (χ2v) is 10.4. The highest BCUT2D eigenvalue weighted by Crippen LogP contribution is 2.19. The van der Waals surface area contributed by atoms with Crippen LogP contribution in [0.3, 0.4) is 0 Å². The lowest BCUT2D eigenvalue weighted by atomic mass is 9.91. The number of hydrogen-bond acceptors (Lipinski definition) is 15. The standard InChI is InChI=1S/C10H22O7.4C5H6O4/c11-1-9(2-12,3-13)7-17-8-10(4-14,5-15)6-16;4*1-3(5(8)9)2-4(6)7/h11-16H,1-8H2;4*1-2H2,(H,6,7)(H,8,9). The number of carbonyl (C=O) groups is 8. The highest BCUT2D eigenvalue weighted by molar-refractivity contribution is 5.92. The second kappa shape index (κ2) is 31.2. The van der Waals surface area contributed by atoms with Crippen molar-refractivity contribution in [2.45, 2.75) is 25.7 Å². The topological polar surface area (TPSA) is 429 Å². The van der Waals surface area contributed by atoms with Crippen molar-refractivity contribution in [2.24, 2.45) is 10.8 Å². The lowest BCUT2D eigenvalue weighted by molar-refractivity contribution is -0.139. The molecular weight excluding hydrogens is 728 g/mol. The number of carboxylic acid groups (broad SMARTS) is 8. The molecule has 23 heteroatoms. The molecule has 0 spiro atoms. The van der Waals surface area contributed by atoms with Crippen molar-refractivity contribution in [3.05, 3.63) is 48.6 Å². The van der Waals surface area contributed by atoms with E-state index in [9.17, 15) is 38.4 Å². The van der Waals surface area contributed by atoms with E-state index in [-0.39, 0.29) is 35.5 Å². The molecule has 0 unspecified atom stereocenters. The van der Waals surface area contributed by atoms with Crippen molar-refractivity contribution >= 4 is 47.8 Å². The fraction of sp³-hybridized carbons (Fsp3) is 0.467. The van der Waals surface area contributed by atoms with Crippen LogP contribution in [-0.4, -0.2) is 172 Å². The van der Waals surface area contributed by atoms with Crippen molar-refractivity contribution in [3.8, 4) is 0 Å². The first-order chi connectivity index (χ1) is 24.2. The summed E-state index contributed by atoms with van der Waals surface area (Å²) in [5.74, 6) is -9.78. The summed E-state index contributed by atoms with van der Waals surface area (Å²) in [6, 6.07) is 0. The van der Waals surface area contributed by atoms with Crippen LogP contribution in [0.4, 0.5) is 0 Å². The number of aliphatic carboxylic acids is 8. The Kier molecular flexibility index (Phi) is 33.4. The fourth-order valence-corrected chi connectivity index (χ4v) is 2.09. The zero-order valence-electron chi connectivity index (χ0n) is 28.2. The highest BCUT2D eigenvalue weighted by Gasteiger charge is 2.32. The highest BCUT2D eigenvalue weighted by atomic mass is 16.5. The molecule has 0 aliphatic heterocycles. The van der Waals surface area contributed by atoms with Gasteiger partial charge in [-0.15, -0.1) is 0 Å². The van der Waals surface area contributed by atoms with Crippen LogP contribution in [0.5, 0.6) is 0 Å². The Bertz CT molecular complexity index is 1080. The lowest BCUT2D eigenvalue weighted by Gasteiger charge is -2.31. The SMILES string of the molecule is C=C(CC(=O)O)C(=O)O.C=C(CC(=O)O)C(=O)O.C=C(CC(=O)O)C(=O)O.C=C(CC(=O)O)C(=O)O.OCC(CO)(CO)COCC(CO)(CO)CO. The molecule has 0 saturated carbocycles. The Labute approximate surface area is 300 Å². The molecule has 0 aliphatic rings. The number of aliphatic hydroxyl groups is 6. The Morgan fingerprint density at radius 1 is 0.358 bits per heavy atom. The minimum atomic E-state index is -1.27. The molecule has 0 aromatic heterocycles. The van der Waals surface area contributed by atoms with Crippen molar-refractivity contribution < 1.29 is 115 Å². The summed E-state index contributed by atoms with van der Waals surface area (Å²) in [6.07, 6.45) is -2.02. The van der Waals surface area contributed by atoms with Gasteiger partial charge in [0.25, 0.3) is 0 Å². The van der Waals surface area contributed by atoms with Crippen LogP contribution in [0, 0.1) is 10.8 Å². The first-order valence-corrected chi connectivity index (χ1v) is 14.0. The third kappa shape index (κ3) is 33.4.